The largest absolute Gasteiger partial charge is 2.00 e. The molecule has 136 valence electrons. The minimum Gasteiger partial charge on any atom is -0.788 e. The molecule has 0 saturated carbocycles. The molecule has 2 aromatic rings. The van der Waals surface area contributed by atoms with Crippen molar-refractivity contribution in [2.45, 2.75) is 0 Å². The van der Waals surface area contributed by atoms with Crippen molar-refractivity contribution in [2.24, 2.45) is 4.99 Å². The van der Waals surface area contributed by atoms with Gasteiger partial charge in [0.2, 0.25) is 6.19 Å². The average Bonchev–Trinajstić information content (AvgIpc) is 2.57. The fraction of sp³-hybridized carbons (Fsp3) is 0.222. The average molecular weight is 590 g/mol. The van der Waals surface area contributed by atoms with E-state index < -0.39 is 0 Å². The van der Waals surface area contributed by atoms with Crippen LogP contribution in [0.5, 0.6) is 0 Å². The minimum atomic E-state index is -0.212. The van der Waals surface area contributed by atoms with Gasteiger partial charge in [-0.15, -0.1) is 0 Å². The molecule has 2 aromatic carbocycles. The van der Waals surface area contributed by atoms with Gasteiger partial charge in [-0.2, -0.15) is 5.26 Å². The van der Waals surface area contributed by atoms with Crippen molar-refractivity contribution in [1.82, 2.24) is 0 Å². The molecule has 25 heavy (non-hydrogen) atoms. The second-order valence-corrected chi connectivity index (χ2v) is 11.4. The van der Waals surface area contributed by atoms with E-state index in [2.05, 4.69) is 118 Å². The van der Waals surface area contributed by atoms with E-state index in [1.54, 1.807) is 0 Å². The third-order valence-electron chi connectivity index (χ3n) is 2.84. The van der Waals surface area contributed by atoms with Crippen LogP contribution in [0.1, 0.15) is 0 Å². The Morgan fingerprint density at radius 1 is 0.800 bits per heavy atom. The summed E-state index contributed by atoms with van der Waals surface area (Å²) in [5.41, 5.74) is 0. The Morgan fingerprint density at radius 3 is 1.24 bits per heavy atom. The zero-order valence-corrected chi connectivity index (χ0v) is 20.7. The van der Waals surface area contributed by atoms with Gasteiger partial charge in [-0.05, 0) is 24.3 Å². The predicted octanol–water partition coefficient (Wildman–Crippen LogP) is 3.49. The Balaban J connectivity index is 0. The van der Waals surface area contributed by atoms with Crippen LogP contribution in [-0.2, 0) is 46.3 Å². The third-order valence-corrected chi connectivity index (χ3v) is 6.00. The second-order valence-electron chi connectivity index (χ2n) is 5.21. The fourth-order valence-corrected chi connectivity index (χ4v) is 3.38. The maximum absolute atomic E-state index is 7.67. The van der Waals surface area contributed by atoms with E-state index >= 15 is 0 Å². The molecule has 0 aliphatic heterocycles. The SMILES string of the molecule is C[PH+](C)c1ccccc1.C[PH+](C)c1ccccc1.N#CN=C([S-])[S-].[Pt+2]. The zero-order chi connectivity index (χ0) is 18.4. The topological polar surface area (TPSA) is 36.1 Å². The number of hydrogen-bond acceptors (Lipinski definition) is 4. The molecule has 0 aliphatic carbocycles. The van der Waals surface area contributed by atoms with Crippen molar-refractivity contribution >= 4 is 56.1 Å². The zero-order valence-electron chi connectivity index (χ0n) is 14.8. The van der Waals surface area contributed by atoms with Gasteiger partial charge in [0.25, 0.3) is 0 Å². The first-order chi connectivity index (χ1) is 11.4. The molecule has 0 radical (unpaired) electrons. The second kappa shape index (κ2) is 17.0. The van der Waals surface area contributed by atoms with E-state index in [4.69, 9.17) is 5.26 Å². The summed E-state index contributed by atoms with van der Waals surface area (Å²) in [6.45, 7) is 9.22. The van der Waals surface area contributed by atoms with E-state index in [1.165, 1.54) is 16.8 Å². The van der Waals surface area contributed by atoms with Crippen LogP contribution in [0.2, 0.25) is 0 Å². The summed E-state index contributed by atoms with van der Waals surface area (Å²) in [7, 11) is -0.424. The maximum atomic E-state index is 7.67. The smallest absolute Gasteiger partial charge is 0.788 e. The van der Waals surface area contributed by atoms with Crippen LogP contribution in [0.3, 0.4) is 0 Å². The number of hydrogen-bond donors (Lipinski definition) is 0. The molecule has 0 fully saturated rings. The van der Waals surface area contributed by atoms with Gasteiger partial charge in [0.05, 0.1) is 37.3 Å². The fourth-order valence-electron chi connectivity index (χ4n) is 1.58. The van der Waals surface area contributed by atoms with Crippen LogP contribution >= 0.6 is 15.8 Å². The molecule has 0 saturated heterocycles. The molecule has 0 bridgehead atoms. The van der Waals surface area contributed by atoms with E-state index in [1.807, 2.05) is 0 Å². The van der Waals surface area contributed by atoms with E-state index in [9.17, 15) is 0 Å². The van der Waals surface area contributed by atoms with Gasteiger partial charge < -0.3 is 25.3 Å². The number of nitrogens with zero attached hydrogens (tertiary/aromatic N) is 2. The normalized spacial score (nSPS) is 8.68. The summed E-state index contributed by atoms with van der Waals surface area (Å²) in [5.74, 6) is 0. The van der Waals surface area contributed by atoms with Gasteiger partial charge in [0.1, 0.15) is 0 Å². The van der Waals surface area contributed by atoms with Gasteiger partial charge in [-0.25, -0.2) is 9.37 Å². The quantitative estimate of drug-likeness (QED) is 0.177. The van der Waals surface area contributed by atoms with Gasteiger partial charge in [-0.1, -0.05) is 36.4 Å². The summed E-state index contributed by atoms with van der Waals surface area (Å²) in [5, 5.41) is 10.7. The Kier molecular flexibility index (Phi) is 18.3. The minimum absolute atomic E-state index is 0. The molecule has 0 aromatic heterocycles. The predicted molar refractivity (Wildman–Crippen MR) is 120 cm³/mol. The molecule has 0 heterocycles. The van der Waals surface area contributed by atoms with Gasteiger partial charge >= 0.3 is 21.1 Å². The summed E-state index contributed by atoms with van der Waals surface area (Å²) < 4.78 is -0.0301. The van der Waals surface area contributed by atoms with Gasteiger partial charge in [0, 0.05) is 15.8 Å². The van der Waals surface area contributed by atoms with Crippen LogP contribution < -0.4 is 10.6 Å². The Bertz CT molecular complexity index is 583. The molecule has 2 nitrogen and oxygen atoms in total. The Hall–Kier alpha value is -0.412. The summed E-state index contributed by atoms with van der Waals surface area (Å²) >= 11 is 8.44. The van der Waals surface area contributed by atoms with E-state index in [0.29, 0.717) is 0 Å². The first-order valence-corrected chi connectivity index (χ1v) is 13.2. The Labute approximate surface area is 180 Å². The monoisotopic (exact) mass is 589 g/mol. The molecule has 2 rings (SSSR count). The number of rotatable bonds is 2. The van der Waals surface area contributed by atoms with Crippen LogP contribution in [0.4, 0.5) is 0 Å². The van der Waals surface area contributed by atoms with Crippen molar-refractivity contribution in [2.75, 3.05) is 26.7 Å². The molecule has 0 N–H and O–H groups in total. The van der Waals surface area contributed by atoms with Crippen LogP contribution in [0.15, 0.2) is 65.7 Å². The summed E-state index contributed by atoms with van der Waals surface area (Å²) in [4.78, 5) is 2.98. The summed E-state index contributed by atoms with van der Waals surface area (Å²) in [6, 6.07) is 21.4. The molecular formula is C18H24N2P2PtS2+2. The maximum Gasteiger partial charge on any atom is 2.00 e. The van der Waals surface area contributed by atoms with Crippen molar-refractivity contribution in [3.05, 3.63) is 60.7 Å². The molecular weight excluding hydrogens is 565 g/mol. The molecule has 0 amide bonds. The van der Waals surface area contributed by atoms with Crippen molar-refractivity contribution in [3.8, 4) is 6.19 Å². The van der Waals surface area contributed by atoms with Crippen LogP contribution in [0.25, 0.3) is 0 Å². The van der Waals surface area contributed by atoms with Crippen molar-refractivity contribution in [3.63, 3.8) is 0 Å². The standard InChI is InChI=1S/2C8H11P.C2H2N2S2.Pt/c2*1-9(2)8-6-4-3-5-7-8;3-1-4-2(5)6;/h2*3-7H,1-2H3;(H2,4,5,6);/q;;;+2. The first kappa shape index (κ1) is 26.8. The van der Waals surface area contributed by atoms with Crippen LogP contribution in [-0.4, -0.2) is 31.0 Å². The van der Waals surface area contributed by atoms with Crippen molar-refractivity contribution < 1.29 is 21.1 Å². The van der Waals surface area contributed by atoms with Crippen molar-refractivity contribution in [1.29, 1.82) is 5.26 Å². The summed E-state index contributed by atoms with van der Waals surface area (Å²) in [6.07, 6.45) is 1.45. The first-order valence-electron chi connectivity index (χ1n) is 7.40. The Morgan fingerprint density at radius 2 is 1.12 bits per heavy atom. The number of benzene rings is 2. The van der Waals surface area contributed by atoms with Gasteiger partial charge in [0.15, 0.2) is 0 Å². The molecule has 0 unspecified atom stereocenters. The van der Waals surface area contributed by atoms with Gasteiger partial charge in [-0.3, -0.25) is 0 Å². The number of aliphatic imine (C=N–C) groups is 1. The molecule has 0 spiro atoms. The van der Waals surface area contributed by atoms with E-state index in [-0.39, 0.29) is 41.3 Å². The third kappa shape index (κ3) is 15.6. The van der Waals surface area contributed by atoms with Crippen LogP contribution in [0, 0.1) is 11.5 Å². The molecule has 0 atom stereocenters. The van der Waals surface area contributed by atoms with E-state index in [0.717, 1.165) is 0 Å². The molecule has 7 heteroatoms. The molecule has 0 aliphatic rings. The number of nitriles is 1.